The molecule has 1 aromatic heterocycles. The van der Waals surface area contributed by atoms with Gasteiger partial charge in [0.25, 0.3) is 5.91 Å². The summed E-state index contributed by atoms with van der Waals surface area (Å²) in [6, 6.07) is 5.46. The van der Waals surface area contributed by atoms with Crippen molar-refractivity contribution in [3.8, 4) is 0 Å². The number of anilines is 1. The molecule has 0 radical (unpaired) electrons. The van der Waals surface area contributed by atoms with Crippen LogP contribution >= 0.6 is 11.3 Å². The fourth-order valence-corrected chi connectivity index (χ4v) is 3.39. The number of aromatic nitrogens is 2. The van der Waals surface area contributed by atoms with Gasteiger partial charge in [0, 0.05) is 44.7 Å². The molecule has 2 amide bonds. The molecule has 1 aliphatic heterocycles. The zero-order valence-electron chi connectivity index (χ0n) is 15.3. The average molecular weight is 407 g/mol. The number of carbonyl (C=O) groups is 2. The van der Waals surface area contributed by atoms with Crippen LogP contribution < -0.4 is 10.6 Å². The van der Waals surface area contributed by atoms with E-state index in [0.717, 1.165) is 44.2 Å². The summed E-state index contributed by atoms with van der Waals surface area (Å²) in [5, 5.41) is 14.2. The number of morpholine rings is 1. The van der Waals surface area contributed by atoms with Crippen LogP contribution in [-0.2, 0) is 16.0 Å². The van der Waals surface area contributed by atoms with E-state index in [4.69, 9.17) is 4.74 Å². The molecular formula is C18H22FN5O3S. The number of halogens is 1. The van der Waals surface area contributed by atoms with Crippen molar-refractivity contribution in [2.75, 3.05) is 44.7 Å². The second kappa shape index (κ2) is 10.2. The summed E-state index contributed by atoms with van der Waals surface area (Å²) in [4.78, 5) is 26.4. The first-order valence-corrected chi connectivity index (χ1v) is 9.88. The summed E-state index contributed by atoms with van der Waals surface area (Å²) in [6.45, 7) is 4.67. The molecule has 28 heavy (non-hydrogen) atoms. The topological polar surface area (TPSA) is 96.5 Å². The minimum absolute atomic E-state index is 0.0548. The quantitative estimate of drug-likeness (QED) is 0.685. The SMILES string of the molecule is O=C(CCc1nnc(C(=O)Nc2ccc(F)cc2)s1)NCCN1CCOCC1. The molecule has 1 aliphatic rings. The molecule has 8 nitrogen and oxygen atoms in total. The van der Waals surface area contributed by atoms with Gasteiger partial charge >= 0.3 is 0 Å². The van der Waals surface area contributed by atoms with E-state index in [1.807, 2.05) is 0 Å². The van der Waals surface area contributed by atoms with Crippen molar-refractivity contribution in [2.24, 2.45) is 0 Å². The van der Waals surface area contributed by atoms with E-state index in [-0.39, 0.29) is 23.2 Å². The third-order valence-electron chi connectivity index (χ3n) is 4.18. The molecule has 2 heterocycles. The van der Waals surface area contributed by atoms with E-state index >= 15 is 0 Å². The summed E-state index contributed by atoms with van der Waals surface area (Å²) >= 11 is 1.14. The van der Waals surface area contributed by atoms with Gasteiger partial charge in [-0.3, -0.25) is 14.5 Å². The predicted molar refractivity (Wildman–Crippen MR) is 103 cm³/mol. The van der Waals surface area contributed by atoms with Crippen molar-refractivity contribution >= 4 is 28.8 Å². The minimum Gasteiger partial charge on any atom is -0.379 e. The summed E-state index contributed by atoms with van der Waals surface area (Å²) in [7, 11) is 0. The van der Waals surface area contributed by atoms with Crippen molar-refractivity contribution in [3.05, 3.63) is 40.1 Å². The number of ether oxygens (including phenoxy) is 1. The number of hydrogen-bond acceptors (Lipinski definition) is 7. The lowest BCUT2D eigenvalue weighted by Crippen LogP contribution is -2.41. The average Bonchev–Trinajstić information content (AvgIpc) is 3.18. The van der Waals surface area contributed by atoms with Crippen molar-refractivity contribution in [1.82, 2.24) is 20.4 Å². The Morgan fingerprint density at radius 2 is 1.93 bits per heavy atom. The van der Waals surface area contributed by atoms with E-state index in [1.165, 1.54) is 24.3 Å². The van der Waals surface area contributed by atoms with Crippen molar-refractivity contribution in [3.63, 3.8) is 0 Å². The Hall–Kier alpha value is -2.43. The van der Waals surface area contributed by atoms with E-state index in [9.17, 15) is 14.0 Å². The molecule has 3 rings (SSSR count). The third kappa shape index (κ3) is 6.32. The highest BCUT2D eigenvalue weighted by Crippen LogP contribution is 2.15. The maximum absolute atomic E-state index is 12.9. The second-order valence-corrected chi connectivity index (χ2v) is 7.33. The molecule has 10 heteroatoms. The van der Waals surface area contributed by atoms with Gasteiger partial charge in [0.15, 0.2) is 0 Å². The number of hydrogen-bond donors (Lipinski definition) is 2. The second-order valence-electron chi connectivity index (χ2n) is 6.27. The van der Waals surface area contributed by atoms with Gasteiger partial charge in [-0.15, -0.1) is 10.2 Å². The molecule has 1 aromatic carbocycles. The van der Waals surface area contributed by atoms with Crippen molar-refractivity contribution < 1.29 is 18.7 Å². The van der Waals surface area contributed by atoms with E-state index < -0.39 is 5.91 Å². The first kappa shape index (κ1) is 20.3. The Bertz CT molecular complexity index is 793. The van der Waals surface area contributed by atoms with Gasteiger partial charge in [0.05, 0.1) is 13.2 Å². The van der Waals surface area contributed by atoms with Crippen LogP contribution in [0, 0.1) is 5.82 Å². The molecule has 2 aromatic rings. The molecule has 0 aliphatic carbocycles. The molecule has 2 N–H and O–H groups in total. The number of benzene rings is 1. The van der Waals surface area contributed by atoms with Crippen LogP contribution in [0.1, 0.15) is 21.2 Å². The summed E-state index contributed by atoms with van der Waals surface area (Å²) in [5.41, 5.74) is 0.475. The largest absolute Gasteiger partial charge is 0.379 e. The van der Waals surface area contributed by atoms with Gasteiger partial charge in [-0.05, 0) is 24.3 Å². The van der Waals surface area contributed by atoms with E-state index in [2.05, 4.69) is 25.7 Å². The maximum atomic E-state index is 12.9. The maximum Gasteiger partial charge on any atom is 0.286 e. The number of amides is 2. The van der Waals surface area contributed by atoms with Gasteiger partial charge < -0.3 is 15.4 Å². The first-order valence-electron chi connectivity index (χ1n) is 9.06. The van der Waals surface area contributed by atoms with E-state index in [0.29, 0.717) is 23.7 Å². The molecule has 0 unspecified atom stereocenters. The lowest BCUT2D eigenvalue weighted by molar-refractivity contribution is -0.121. The normalized spacial score (nSPS) is 14.6. The summed E-state index contributed by atoms with van der Waals surface area (Å²) in [6.07, 6.45) is 0.711. The Morgan fingerprint density at radius 1 is 1.18 bits per heavy atom. The van der Waals surface area contributed by atoms with E-state index in [1.54, 1.807) is 0 Å². The highest BCUT2D eigenvalue weighted by molar-refractivity contribution is 7.13. The highest BCUT2D eigenvalue weighted by atomic mass is 32.1. The van der Waals surface area contributed by atoms with Crippen molar-refractivity contribution in [1.29, 1.82) is 0 Å². The lowest BCUT2D eigenvalue weighted by atomic mass is 10.3. The zero-order valence-corrected chi connectivity index (χ0v) is 16.1. The molecule has 0 spiro atoms. The van der Waals surface area contributed by atoms with Crippen LogP contribution in [-0.4, -0.2) is 66.3 Å². The molecule has 150 valence electrons. The first-order chi connectivity index (χ1) is 13.6. The number of aryl methyl sites for hydroxylation is 1. The van der Waals surface area contributed by atoms with Crippen molar-refractivity contribution in [2.45, 2.75) is 12.8 Å². The molecule has 1 saturated heterocycles. The number of rotatable bonds is 8. The molecule has 0 saturated carbocycles. The Morgan fingerprint density at radius 3 is 2.68 bits per heavy atom. The van der Waals surface area contributed by atoms with Gasteiger partial charge in [0.2, 0.25) is 10.9 Å². The Kier molecular flexibility index (Phi) is 7.40. The monoisotopic (exact) mass is 407 g/mol. The number of carbonyl (C=O) groups excluding carboxylic acids is 2. The Labute approximate surface area is 166 Å². The predicted octanol–water partition coefficient (Wildman–Crippen LogP) is 1.31. The van der Waals surface area contributed by atoms with Gasteiger partial charge in [-0.1, -0.05) is 11.3 Å². The van der Waals surface area contributed by atoms with Crippen LogP contribution in [0.15, 0.2) is 24.3 Å². The van der Waals surface area contributed by atoms with Crippen LogP contribution in [0.2, 0.25) is 0 Å². The lowest BCUT2D eigenvalue weighted by Gasteiger charge is -2.26. The number of nitrogens with zero attached hydrogens (tertiary/aromatic N) is 3. The highest BCUT2D eigenvalue weighted by Gasteiger charge is 2.14. The van der Waals surface area contributed by atoms with Gasteiger partial charge in [-0.2, -0.15) is 0 Å². The fraction of sp³-hybridized carbons (Fsp3) is 0.444. The third-order valence-corrected chi connectivity index (χ3v) is 5.16. The van der Waals surface area contributed by atoms with Crippen LogP contribution in [0.4, 0.5) is 10.1 Å². The summed E-state index contributed by atoms with van der Waals surface area (Å²) in [5.74, 6) is -0.842. The standard InChI is InChI=1S/C18H22FN5O3S/c19-13-1-3-14(4-2-13)21-17(26)18-23-22-16(28-18)6-5-15(25)20-7-8-24-9-11-27-12-10-24/h1-4H,5-12H2,(H,20,25)(H,21,26). The zero-order chi connectivity index (χ0) is 19.8. The minimum atomic E-state index is -0.412. The van der Waals surface area contributed by atoms with Crippen LogP contribution in [0.5, 0.6) is 0 Å². The smallest absolute Gasteiger partial charge is 0.286 e. The van der Waals surface area contributed by atoms with Crippen LogP contribution in [0.25, 0.3) is 0 Å². The van der Waals surface area contributed by atoms with Gasteiger partial charge in [-0.25, -0.2) is 4.39 Å². The summed E-state index contributed by atoms with van der Waals surface area (Å²) < 4.78 is 18.2. The van der Waals surface area contributed by atoms with Gasteiger partial charge in [0.1, 0.15) is 10.8 Å². The Balaban J connectivity index is 1.38. The molecule has 1 fully saturated rings. The fourth-order valence-electron chi connectivity index (χ4n) is 2.65. The number of nitrogens with one attached hydrogen (secondary N) is 2. The molecule has 0 bridgehead atoms. The van der Waals surface area contributed by atoms with Crippen LogP contribution in [0.3, 0.4) is 0 Å². The molecule has 0 atom stereocenters. The molecular weight excluding hydrogens is 385 g/mol.